The molecule has 0 N–H and O–H groups in total. The number of rotatable bonds is 2. The molecule has 0 bridgehead atoms. The third-order valence-electron chi connectivity index (χ3n) is 5.12. The number of hydrogen-bond acceptors (Lipinski definition) is 3. The minimum Gasteiger partial charge on any atom is -0.370 e. The van der Waals surface area contributed by atoms with Crippen molar-refractivity contribution in [2.24, 2.45) is 0 Å². The van der Waals surface area contributed by atoms with Crippen molar-refractivity contribution in [3.05, 3.63) is 29.8 Å². The van der Waals surface area contributed by atoms with Crippen LogP contribution in [0.1, 0.15) is 48.9 Å². The molecule has 1 aliphatic carbocycles. The molecule has 1 aromatic rings. The number of ether oxygens (including phenoxy) is 1. The van der Waals surface area contributed by atoms with Gasteiger partial charge < -0.3 is 9.64 Å². The number of ketones is 1. The second kappa shape index (κ2) is 4.67. The quantitative estimate of drug-likeness (QED) is 0.785. The van der Waals surface area contributed by atoms with Gasteiger partial charge in [0, 0.05) is 0 Å². The molecule has 1 saturated carbocycles. The number of anilines is 1. The van der Waals surface area contributed by atoms with Crippen LogP contribution < -0.4 is 4.90 Å². The summed E-state index contributed by atoms with van der Waals surface area (Å²) in [4.78, 5) is 25.8. The van der Waals surface area contributed by atoms with E-state index in [9.17, 15) is 9.59 Å². The van der Waals surface area contributed by atoms with Gasteiger partial charge in [-0.1, -0.05) is 25.0 Å². The summed E-state index contributed by atoms with van der Waals surface area (Å²) >= 11 is 0. The molecule has 0 radical (unpaired) electrons. The molecule has 1 saturated heterocycles. The van der Waals surface area contributed by atoms with Crippen molar-refractivity contribution >= 4 is 17.4 Å². The summed E-state index contributed by atoms with van der Waals surface area (Å²) in [6, 6.07) is 7.24. The number of carbonyl (C=O) groups excluding carboxylic acids is 2. The standard InChI is InChI=1S/C17H19NO3/c19-15-13-5-1-2-6-14(13)18(16(15)20)11-12-7-10-17(21-12)8-3-4-9-17/h1-2,5-6,12H,3-4,7-11H2. The van der Waals surface area contributed by atoms with E-state index >= 15 is 0 Å². The first-order chi connectivity index (χ1) is 10.2. The first-order valence-electron chi connectivity index (χ1n) is 7.82. The van der Waals surface area contributed by atoms with Gasteiger partial charge >= 0.3 is 0 Å². The van der Waals surface area contributed by atoms with E-state index in [1.807, 2.05) is 12.1 Å². The molecule has 3 aliphatic rings. The third kappa shape index (κ3) is 2.01. The fraction of sp³-hybridized carbons (Fsp3) is 0.529. The molecule has 2 aliphatic heterocycles. The Labute approximate surface area is 124 Å². The molecular weight excluding hydrogens is 266 g/mol. The topological polar surface area (TPSA) is 46.6 Å². The highest BCUT2D eigenvalue weighted by Gasteiger charge is 2.44. The highest BCUT2D eigenvalue weighted by molar-refractivity contribution is 6.52. The number of amides is 1. The molecule has 2 heterocycles. The van der Waals surface area contributed by atoms with Crippen LogP contribution in [0.25, 0.3) is 0 Å². The third-order valence-corrected chi connectivity index (χ3v) is 5.12. The molecule has 0 aromatic heterocycles. The van der Waals surface area contributed by atoms with Gasteiger partial charge in [0.15, 0.2) is 0 Å². The summed E-state index contributed by atoms with van der Waals surface area (Å²) in [5.74, 6) is -0.800. The molecule has 1 amide bonds. The van der Waals surface area contributed by atoms with Crippen molar-refractivity contribution in [3.8, 4) is 0 Å². The zero-order valence-electron chi connectivity index (χ0n) is 12.0. The van der Waals surface area contributed by atoms with Crippen LogP contribution in [0.15, 0.2) is 24.3 Å². The smallest absolute Gasteiger partial charge is 0.299 e. The van der Waals surface area contributed by atoms with E-state index in [1.165, 1.54) is 12.8 Å². The highest BCUT2D eigenvalue weighted by Crippen LogP contribution is 2.44. The monoisotopic (exact) mass is 285 g/mol. The van der Waals surface area contributed by atoms with Gasteiger partial charge in [0.1, 0.15) is 0 Å². The van der Waals surface area contributed by atoms with Gasteiger partial charge in [0.2, 0.25) is 0 Å². The Bertz CT molecular complexity index is 604. The molecule has 1 spiro atoms. The molecule has 1 unspecified atom stereocenters. The maximum Gasteiger partial charge on any atom is 0.299 e. The summed E-state index contributed by atoms with van der Waals surface area (Å²) in [6.07, 6.45) is 6.92. The van der Waals surface area contributed by atoms with Gasteiger partial charge in [0.05, 0.1) is 29.5 Å². The number of hydrogen-bond donors (Lipinski definition) is 0. The van der Waals surface area contributed by atoms with E-state index in [0.717, 1.165) is 31.4 Å². The summed E-state index contributed by atoms with van der Waals surface area (Å²) in [6.45, 7) is 0.503. The first-order valence-corrected chi connectivity index (χ1v) is 7.82. The second-order valence-corrected chi connectivity index (χ2v) is 6.43. The van der Waals surface area contributed by atoms with Crippen LogP contribution in [0.3, 0.4) is 0 Å². The van der Waals surface area contributed by atoms with E-state index < -0.39 is 5.91 Å². The lowest BCUT2D eigenvalue weighted by atomic mass is 9.98. The molecular formula is C17H19NO3. The number of Topliss-reactive ketones (excluding diaryl/α,β-unsaturated/α-hetero) is 1. The summed E-state index contributed by atoms with van der Waals surface area (Å²) in [5.41, 5.74) is 1.33. The summed E-state index contributed by atoms with van der Waals surface area (Å²) in [7, 11) is 0. The van der Waals surface area contributed by atoms with Crippen molar-refractivity contribution in [1.82, 2.24) is 0 Å². The van der Waals surface area contributed by atoms with E-state index in [-0.39, 0.29) is 17.5 Å². The summed E-state index contributed by atoms with van der Waals surface area (Å²) < 4.78 is 6.27. The van der Waals surface area contributed by atoms with Crippen LogP contribution in [0, 0.1) is 0 Å². The average Bonchev–Trinajstić information content (AvgIpc) is 3.18. The van der Waals surface area contributed by atoms with Crippen LogP contribution >= 0.6 is 0 Å². The Morgan fingerprint density at radius 3 is 2.71 bits per heavy atom. The Kier molecular flexibility index (Phi) is 2.89. The predicted molar refractivity (Wildman–Crippen MR) is 78.4 cm³/mol. The number of benzene rings is 1. The van der Waals surface area contributed by atoms with Crippen molar-refractivity contribution < 1.29 is 14.3 Å². The van der Waals surface area contributed by atoms with Crippen molar-refractivity contribution in [2.45, 2.75) is 50.2 Å². The van der Waals surface area contributed by atoms with Crippen molar-refractivity contribution in [1.29, 1.82) is 0 Å². The Balaban J connectivity index is 1.53. The van der Waals surface area contributed by atoms with Crippen molar-refractivity contribution in [2.75, 3.05) is 11.4 Å². The van der Waals surface area contributed by atoms with Crippen LogP contribution in [0.5, 0.6) is 0 Å². The van der Waals surface area contributed by atoms with Gasteiger partial charge in [0.25, 0.3) is 11.7 Å². The second-order valence-electron chi connectivity index (χ2n) is 6.43. The van der Waals surface area contributed by atoms with Gasteiger partial charge in [-0.15, -0.1) is 0 Å². The normalized spacial score (nSPS) is 26.9. The SMILES string of the molecule is O=C1C(=O)N(CC2CCC3(CCCC3)O2)c2ccccc21. The van der Waals surface area contributed by atoms with E-state index in [1.54, 1.807) is 17.0 Å². The Morgan fingerprint density at radius 2 is 1.90 bits per heavy atom. The molecule has 2 fully saturated rings. The zero-order chi connectivity index (χ0) is 14.4. The number of nitrogens with zero attached hydrogens (tertiary/aromatic N) is 1. The lowest BCUT2D eigenvalue weighted by molar-refractivity contribution is -0.115. The largest absolute Gasteiger partial charge is 0.370 e. The van der Waals surface area contributed by atoms with Gasteiger partial charge in [-0.2, -0.15) is 0 Å². The Morgan fingerprint density at radius 1 is 1.14 bits per heavy atom. The number of para-hydroxylation sites is 1. The minimum absolute atomic E-state index is 0.0611. The lowest BCUT2D eigenvalue weighted by Crippen LogP contribution is -2.37. The van der Waals surface area contributed by atoms with Gasteiger partial charge in [-0.05, 0) is 37.8 Å². The molecule has 4 heteroatoms. The molecule has 21 heavy (non-hydrogen) atoms. The minimum atomic E-state index is -0.410. The fourth-order valence-electron chi connectivity index (χ4n) is 4.04. The van der Waals surface area contributed by atoms with Crippen LogP contribution in [0.2, 0.25) is 0 Å². The maximum absolute atomic E-state index is 12.2. The van der Waals surface area contributed by atoms with E-state index in [4.69, 9.17) is 4.74 Å². The molecule has 4 nitrogen and oxygen atoms in total. The molecule has 110 valence electrons. The van der Waals surface area contributed by atoms with Crippen LogP contribution in [-0.4, -0.2) is 29.9 Å². The zero-order valence-corrected chi connectivity index (χ0v) is 12.0. The Hall–Kier alpha value is -1.68. The average molecular weight is 285 g/mol. The van der Waals surface area contributed by atoms with E-state index in [0.29, 0.717) is 12.1 Å². The molecule has 4 rings (SSSR count). The maximum atomic E-state index is 12.2. The highest BCUT2D eigenvalue weighted by atomic mass is 16.5. The predicted octanol–water partition coefficient (Wildman–Crippen LogP) is 2.71. The lowest BCUT2D eigenvalue weighted by Gasteiger charge is -2.26. The fourth-order valence-corrected chi connectivity index (χ4v) is 4.04. The molecule has 1 atom stereocenters. The number of carbonyl (C=O) groups is 2. The van der Waals surface area contributed by atoms with Crippen molar-refractivity contribution in [3.63, 3.8) is 0 Å². The molecule has 1 aromatic carbocycles. The summed E-state index contributed by atoms with van der Waals surface area (Å²) in [5, 5.41) is 0. The van der Waals surface area contributed by atoms with Crippen LogP contribution in [0.4, 0.5) is 5.69 Å². The van der Waals surface area contributed by atoms with E-state index in [2.05, 4.69) is 0 Å². The van der Waals surface area contributed by atoms with Gasteiger partial charge in [-0.25, -0.2) is 0 Å². The van der Waals surface area contributed by atoms with Gasteiger partial charge in [-0.3, -0.25) is 9.59 Å². The van der Waals surface area contributed by atoms with Crippen LogP contribution in [-0.2, 0) is 9.53 Å². The first kappa shape index (κ1) is 13.0. The number of fused-ring (bicyclic) bond motifs is 1.